The number of hydrogen-bond donors (Lipinski definition) is 2. The fourth-order valence-electron chi connectivity index (χ4n) is 2.50. The molecule has 0 aromatic heterocycles. The fraction of sp³-hybridized carbons (Fsp3) is 0.600. The van der Waals surface area contributed by atoms with E-state index in [9.17, 15) is 0 Å². The average molecular weight is 248 g/mol. The molecule has 2 N–H and O–H groups in total. The first-order valence-electron chi connectivity index (χ1n) is 6.97. The lowest BCUT2D eigenvalue weighted by atomic mass is 10.1. The number of anilines is 1. The number of methoxy groups -OCH3 is 1. The third-order valence-corrected chi connectivity index (χ3v) is 3.64. The van der Waals surface area contributed by atoms with Crippen molar-refractivity contribution in [1.82, 2.24) is 5.32 Å². The van der Waals surface area contributed by atoms with E-state index in [1.807, 2.05) is 0 Å². The van der Waals surface area contributed by atoms with E-state index in [2.05, 4.69) is 35.8 Å². The van der Waals surface area contributed by atoms with Gasteiger partial charge >= 0.3 is 0 Å². The van der Waals surface area contributed by atoms with Crippen molar-refractivity contribution in [3.63, 3.8) is 0 Å². The number of hydrogen-bond acceptors (Lipinski definition) is 3. The van der Waals surface area contributed by atoms with Crippen LogP contribution in [0.15, 0.2) is 18.2 Å². The SMILES string of the molecule is CCc1ccc(OC)c(NCCC2CCCN2)c1. The summed E-state index contributed by atoms with van der Waals surface area (Å²) in [6.07, 6.45) is 4.87. The maximum atomic E-state index is 5.39. The van der Waals surface area contributed by atoms with Crippen molar-refractivity contribution in [3.8, 4) is 5.75 Å². The topological polar surface area (TPSA) is 33.3 Å². The van der Waals surface area contributed by atoms with Crippen molar-refractivity contribution in [3.05, 3.63) is 23.8 Å². The number of rotatable bonds is 6. The van der Waals surface area contributed by atoms with Gasteiger partial charge in [-0.25, -0.2) is 0 Å². The Labute approximate surface area is 110 Å². The second-order valence-electron chi connectivity index (χ2n) is 4.90. The van der Waals surface area contributed by atoms with Crippen LogP contribution in [0.25, 0.3) is 0 Å². The molecule has 1 aliphatic rings. The summed E-state index contributed by atoms with van der Waals surface area (Å²) in [4.78, 5) is 0. The summed E-state index contributed by atoms with van der Waals surface area (Å²) in [5.74, 6) is 0.937. The molecule has 0 bridgehead atoms. The summed E-state index contributed by atoms with van der Waals surface area (Å²) in [6, 6.07) is 7.07. The molecule has 0 spiro atoms. The van der Waals surface area contributed by atoms with Gasteiger partial charge in [-0.15, -0.1) is 0 Å². The van der Waals surface area contributed by atoms with Gasteiger partial charge in [-0.3, -0.25) is 0 Å². The highest BCUT2D eigenvalue weighted by atomic mass is 16.5. The Morgan fingerprint density at radius 1 is 1.44 bits per heavy atom. The highest BCUT2D eigenvalue weighted by Crippen LogP contribution is 2.25. The molecule has 18 heavy (non-hydrogen) atoms. The lowest BCUT2D eigenvalue weighted by Crippen LogP contribution is -2.24. The largest absolute Gasteiger partial charge is 0.495 e. The Morgan fingerprint density at radius 2 is 2.33 bits per heavy atom. The van der Waals surface area contributed by atoms with E-state index >= 15 is 0 Å². The van der Waals surface area contributed by atoms with Gasteiger partial charge in [-0.2, -0.15) is 0 Å². The summed E-state index contributed by atoms with van der Waals surface area (Å²) >= 11 is 0. The van der Waals surface area contributed by atoms with Crippen LogP contribution in [0.3, 0.4) is 0 Å². The van der Waals surface area contributed by atoms with Gasteiger partial charge in [0.15, 0.2) is 0 Å². The molecule has 0 amide bonds. The highest BCUT2D eigenvalue weighted by Gasteiger charge is 2.13. The van der Waals surface area contributed by atoms with E-state index in [4.69, 9.17) is 4.74 Å². The molecule has 0 saturated carbocycles. The van der Waals surface area contributed by atoms with E-state index in [-0.39, 0.29) is 0 Å². The van der Waals surface area contributed by atoms with Crippen LogP contribution in [-0.2, 0) is 6.42 Å². The zero-order chi connectivity index (χ0) is 12.8. The molecular weight excluding hydrogens is 224 g/mol. The zero-order valence-corrected chi connectivity index (χ0v) is 11.5. The second kappa shape index (κ2) is 6.64. The molecule has 3 heteroatoms. The van der Waals surface area contributed by atoms with E-state index in [0.29, 0.717) is 6.04 Å². The van der Waals surface area contributed by atoms with Crippen LogP contribution in [-0.4, -0.2) is 26.2 Å². The first-order valence-corrected chi connectivity index (χ1v) is 6.97. The molecule has 1 aliphatic heterocycles. The molecule has 0 aliphatic carbocycles. The Hall–Kier alpha value is -1.22. The van der Waals surface area contributed by atoms with Gasteiger partial charge in [0.05, 0.1) is 12.8 Å². The van der Waals surface area contributed by atoms with Crippen LogP contribution in [0.2, 0.25) is 0 Å². The van der Waals surface area contributed by atoms with Gasteiger partial charge in [0.25, 0.3) is 0 Å². The van der Waals surface area contributed by atoms with Crippen molar-refractivity contribution in [2.24, 2.45) is 0 Å². The predicted octanol–water partition coefficient (Wildman–Crippen LogP) is 2.81. The molecule has 1 saturated heterocycles. The minimum Gasteiger partial charge on any atom is -0.495 e. The average Bonchev–Trinajstić information content (AvgIpc) is 2.92. The van der Waals surface area contributed by atoms with Crippen LogP contribution in [0.1, 0.15) is 31.7 Å². The number of benzene rings is 1. The van der Waals surface area contributed by atoms with Crippen molar-refractivity contribution < 1.29 is 4.74 Å². The van der Waals surface area contributed by atoms with E-state index in [0.717, 1.165) is 24.4 Å². The minimum atomic E-state index is 0.692. The number of ether oxygens (including phenoxy) is 1. The molecular formula is C15H24N2O. The summed E-state index contributed by atoms with van der Waals surface area (Å²) in [5.41, 5.74) is 2.46. The standard InChI is InChI=1S/C15H24N2O/c1-3-12-6-7-15(18-2)14(11-12)17-10-8-13-5-4-9-16-13/h6-7,11,13,16-17H,3-5,8-10H2,1-2H3. The van der Waals surface area contributed by atoms with Crippen molar-refractivity contribution in [2.75, 3.05) is 25.5 Å². The summed E-state index contributed by atoms with van der Waals surface area (Å²) in [7, 11) is 1.73. The third-order valence-electron chi connectivity index (χ3n) is 3.64. The van der Waals surface area contributed by atoms with Gasteiger partial charge in [-0.05, 0) is 49.9 Å². The normalized spacial score (nSPS) is 18.9. The minimum absolute atomic E-state index is 0.692. The smallest absolute Gasteiger partial charge is 0.141 e. The van der Waals surface area contributed by atoms with Crippen LogP contribution < -0.4 is 15.4 Å². The van der Waals surface area contributed by atoms with Gasteiger partial charge in [0, 0.05) is 12.6 Å². The second-order valence-corrected chi connectivity index (χ2v) is 4.90. The zero-order valence-electron chi connectivity index (χ0n) is 11.5. The predicted molar refractivity (Wildman–Crippen MR) is 76.5 cm³/mol. The van der Waals surface area contributed by atoms with Crippen LogP contribution in [0.5, 0.6) is 5.75 Å². The fourth-order valence-corrected chi connectivity index (χ4v) is 2.50. The Kier molecular flexibility index (Phi) is 4.88. The summed E-state index contributed by atoms with van der Waals surface area (Å²) < 4.78 is 5.39. The Bertz CT molecular complexity index is 373. The molecule has 1 unspecified atom stereocenters. The first-order chi connectivity index (χ1) is 8.83. The molecule has 1 atom stereocenters. The highest BCUT2D eigenvalue weighted by molar-refractivity contribution is 5.58. The van der Waals surface area contributed by atoms with Crippen LogP contribution in [0.4, 0.5) is 5.69 Å². The first kappa shape index (κ1) is 13.2. The molecule has 2 rings (SSSR count). The molecule has 0 radical (unpaired) electrons. The van der Waals surface area contributed by atoms with Gasteiger partial charge < -0.3 is 15.4 Å². The van der Waals surface area contributed by atoms with E-state index in [1.54, 1.807) is 7.11 Å². The monoisotopic (exact) mass is 248 g/mol. The summed E-state index contributed by atoms with van der Waals surface area (Å²) in [5, 5.41) is 7.02. The van der Waals surface area contributed by atoms with Gasteiger partial charge in [0.1, 0.15) is 5.75 Å². The van der Waals surface area contributed by atoms with E-state index in [1.165, 1.54) is 31.4 Å². The maximum absolute atomic E-state index is 5.39. The molecule has 1 aromatic rings. The molecule has 1 aromatic carbocycles. The van der Waals surface area contributed by atoms with E-state index < -0.39 is 0 Å². The molecule has 1 fully saturated rings. The Morgan fingerprint density at radius 3 is 3.00 bits per heavy atom. The maximum Gasteiger partial charge on any atom is 0.141 e. The van der Waals surface area contributed by atoms with Crippen molar-refractivity contribution in [2.45, 2.75) is 38.6 Å². The van der Waals surface area contributed by atoms with Crippen LogP contribution in [0, 0.1) is 0 Å². The molecule has 100 valence electrons. The van der Waals surface area contributed by atoms with Crippen molar-refractivity contribution in [1.29, 1.82) is 0 Å². The lowest BCUT2D eigenvalue weighted by Gasteiger charge is -2.15. The third kappa shape index (κ3) is 3.39. The van der Waals surface area contributed by atoms with Crippen molar-refractivity contribution >= 4 is 5.69 Å². The molecule has 1 heterocycles. The Balaban J connectivity index is 1.89. The quantitative estimate of drug-likeness (QED) is 0.812. The van der Waals surface area contributed by atoms with Gasteiger partial charge in [-0.1, -0.05) is 13.0 Å². The lowest BCUT2D eigenvalue weighted by molar-refractivity contribution is 0.416. The number of aryl methyl sites for hydroxylation is 1. The van der Waals surface area contributed by atoms with Gasteiger partial charge in [0.2, 0.25) is 0 Å². The summed E-state index contributed by atoms with van der Waals surface area (Å²) in [6.45, 7) is 4.36. The molecule has 3 nitrogen and oxygen atoms in total. The van der Waals surface area contributed by atoms with Crippen LogP contribution >= 0.6 is 0 Å². The number of nitrogens with one attached hydrogen (secondary N) is 2.